The number of aromatic amines is 2. The number of hydrogen-bond donors (Lipinski definition) is 4. The van der Waals surface area contributed by atoms with Crippen LogP contribution < -0.4 is 10.6 Å². The summed E-state index contributed by atoms with van der Waals surface area (Å²) in [5, 5.41) is 5.43. The highest BCUT2D eigenvalue weighted by atomic mass is 16.5. The van der Waals surface area contributed by atoms with Crippen LogP contribution in [0.1, 0.15) is 103 Å². The Bertz CT molecular complexity index is 1990. The van der Waals surface area contributed by atoms with E-state index in [0.717, 1.165) is 65.8 Å². The Morgan fingerprint density at radius 2 is 1.49 bits per heavy atom. The summed E-state index contributed by atoms with van der Waals surface area (Å²) >= 11 is 0. The number of carbonyl (C=O) groups is 4. The molecule has 4 aromatic rings. The molecular formula is C43H60N8O6. The largest absolute Gasteiger partial charge is 0.453 e. The molecule has 4 amide bonds. The van der Waals surface area contributed by atoms with Crippen LogP contribution in [0, 0.1) is 17.8 Å². The number of carbonyl (C=O) groups excluding carboxylic acids is 4. The molecule has 0 spiro atoms. The molecule has 57 heavy (non-hydrogen) atoms. The number of hydrogen-bond acceptors (Lipinski definition) is 8. The van der Waals surface area contributed by atoms with Crippen molar-refractivity contribution in [2.45, 2.75) is 105 Å². The number of alkyl carbamates (subject to hydrolysis) is 2. The lowest BCUT2D eigenvalue weighted by atomic mass is 10.0. The second-order valence-electron chi connectivity index (χ2n) is 16.1. The lowest BCUT2D eigenvalue weighted by Gasteiger charge is -2.33. The highest BCUT2D eigenvalue weighted by molar-refractivity contribution is 5.87. The van der Waals surface area contributed by atoms with Crippen LogP contribution in [0.3, 0.4) is 0 Å². The highest BCUT2D eigenvalue weighted by Crippen LogP contribution is 2.33. The van der Waals surface area contributed by atoms with Gasteiger partial charge in [-0.3, -0.25) is 9.59 Å². The Morgan fingerprint density at radius 1 is 0.860 bits per heavy atom. The Labute approximate surface area is 335 Å². The molecule has 14 heteroatoms. The maximum atomic E-state index is 13.9. The Kier molecular flexibility index (Phi) is 14.4. The van der Waals surface area contributed by atoms with E-state index in [0.29, 0.717) is 24.8 Å². The number of likely N-dealkylation sites (tertiary alicyclic amines) is 1. The Hall–Kier alpha value is -5.40. The van der Waals surface area contributed by atoms with Crippen LogP contribution in [0.4, 0.5) is 9.59 Å². The predicted molar refractivity (Wildman–Crippen MR) is 219 cm³/mol. The third-order valence-electron chi connectivity index (χ3n) is 10.8. The van der Waals surface area contributed by atoms with Crippen LogP contribution in [0.25, 0.3) is 22.3 Å². The van der Waals surface area contributed by atoms with Gasteiger partial charge in [0.25, 0.3) is 0 Å². The van der Waals surface area contributed by atoms with Crippen LogP contribution in [-0.4, -0.2) is 93.1 Å². The lowest BCUT2D eigenvalue weighted by molar-refractivity contribution is -0.137. The van der Waals surface area contributed by atoms with Gasteiger partial charge in [0.15, 0.2) is 0 Å². The minimum absolute atomic E-state index is 0.101. The summed E-state index contributed by atoms with van der Waals surface area (Å²) in [6.45, 7) is 15.0. The number of amides is 4. The molecule has 1 fully saturated rings. The van der Waals surface area contributed by atoms with Gasteiger partial charge in [0.05, 0.1) is 43.0 Å². The summed E-state index contributed by atoms with van der Waals surface area (Å²) < 4.78 is 9.57. The standard InChI is InChI=1S/C43H60N8O6/c1-25(2)20-22-50(40(52)36(26(3)4)48-42(54)56-8)28(7)38-45-32-19-16-30(23-33(32)46-38)13-12-29-14-17-31(18-15-29)34-24-44-39(47-34)35-11-10-21-51(35)41(53)37(27(5)6)49-43(55)57-9/h14-19,23-28,35-37H,10-13,20-22H2,1-9H3,(H,44,47)(H,45,46)(H,48,54)(H,49,55)/t28-,35-,36-,37-/m0/s1. The van der Waals surface area contributed by atoms with Crippen LogP contribution in [0.5, 0.6) is 0 Å². The van der Waals surface area contributed by atoms with Gasteiger partial charge in [-0.05, 0) is 80.0 Å². The van der Waals surface area contributed by atoms with E-state index < -0.39 is 24.3 Å². The van der Waals surface area contributed by atoms with E-state index in [-0.39, 0.29) is 35.7 Å². The summed E-state index contributed by atoms with van der Waals surface area (Å²) in [5.41, 5.74) is 5.87. The molecule has 4 atom stereocenters. The smallest absolute Gasteiger partial charge is 0.407 e. The zero-order valence-electron chi connectivity index (χ0n) is 34.8. The van der Waals surface area contributed by atoms with Crippen LogP contribution in [0.15, 0.2) is 48.7 Å². The van der Waals surface area contributed by atoms with E-state index in [9.17, 15) is 19.2 Å². The minimum Gasteiger partial charge on any atom is -0.453 e. The number of fused-ring (bicyclic) bond motifs is 1. The molecule has 1 saturated heterocycles. The van der Waals surface area contributed by atoms with Gasteiger partial charge >= 0.3 is 12.2 Å². The first kappa shape index (κ1) is 42.7. The van der Waals surface area contributed by atoms with Gasteiger partial charge in [-0.2, -0.15) is 0 Å². The number of aryl methyl sites for hydroxylation is 2. The molecule has 4 N–H and O–H groups in total. The SMILES string of the molecule is COC(=O)N[C@H](C(=O)N(CCC(C)C)[C@@H](C)c1nc2cc(CCc3ccc(-c4c[nH]c([C@@H]5CCCN5C(=O)[C@@H](NC(=O)OC)C(C)C)n4)cc3)ccc2[nH]1)C(C)C. The molecule has 0 bridgehead atoms. The molecule has 1 aliphatic rings. The van der Waals surface area contributed by atoms with E-state index in [4.69, 9.17) is 19.4 Å². The van der Waals surface area contributed by atoms with Crippen molar-refractivity contribution in [3.63, 3.8) is 0 Å². The number of benzene rings is 2. The van der Waals surface area contributed by atoms with Crippen molar-refractivity contribution in [2.24, 2.45) is 17.8 Å². The maximum absolute atomic E-state index is 13.9. The normalized spacial score (nSPS) is 15.9. The fourth-order valence-electron chi connectivity index (χ4n) is 7.32. The van der Waals surface area contributed by atoms with E-state index in [1.54, 1.807) is 0 Å². The molecule has 0 radical (unpaired) electrons. The van der Waals surface area contributed by atoms with Gasteiger partial charge in [0.1, 0.15) is 23.7 Å². The fourth-order valence-corrected chi connectivity index (χ4v) is 7.32. The fraction of sp³-hybridized carbons (Fsp3) is 0.535. The third kappa shape index (κ3) is 10.5. The van der Waals surface area contributed by atoms with Crippen LogP contribution >= 0.6 is 0 Å². The van der Waals surface area contributed by atoms with Crippen molar-refractivity contribution in [1.29, 1.82) is 0 Å². The molecule has 0 aliphatic carbocycles. The Morgan fingerprint density at radius 3 is 2.12 bits per heavy atom. The molecule has 14 nitrogen and oxygen atoms in total. The number of ether oxygens (including phenoxy) is 2. The van der Waals surface area contributed by atoms with Crippen molar-refractivity contribution in [3.05, 3.63) is 71.4 Å². The van der Waals surface area contributed by atoms with E-state index >= 15 is 0 Å². The van der Waals surface area contributed by atoms with Crippen molar-refractivity contribution >= 4 is 35.0 Å². The molecule has 5 rings (SSSR count). The van der Waals surface area contributed by atoms with Crippen LogP contribution in [-0.2, 0) is 31.9 Å². The lowest BCUT2D eigenvalue weighted by Crippen LogP contribution is -2.52. The van der Waals surface area contributed by atoms with Crippen molar-refractivity contribution in [1.82, 2.24) is 40.4 Å². The average Bonchev–Trinajstić information content (AvgIpc) is 3.97. The van der Waals surface area contributed by atoms with E-state index in [2.05, 4.69) is 70.8 Å². The molecule has 2 aromatic heterocycles. The van der Waals surface area contributed by atoms with Gasteiger partial charge in [0.2, 0.25) is 11.8 Å². The monoisotopic (exact) mass is 784 g/mol. The highest BCUT2D eigenvalue weighted by Gasteiger charge is 2.38. The van der Waals surface area contributed by atoms with E-state index in [1.165, 1.54) is 19.8 Å². The van der Waals surface area contributed by atoms with Crippen molar-refractivity contribution < 1.29 is 28.7 Å². The summed E-state index contributed by atoms with van der Waals surface area (Å²) in [4.78, 5) is 71.7. The quantitative estimate of drug-likeness (QED) is 0.0931. The van der Waals surface area contributed by atoms with Gasteiger partial charge < -0.3 is 39.9 Å². The summed E-state index contributed by atoms with van der Waals surface area (Å²) in [5.74, 6) is 1.28. The molecule has 0 saturated carbocycles. The molecular weight excluding hydrogens is 725 g/mol. The number of rotatable bonds is 16. The minimum atomic E-state index is -0.726. The van der Waals surface area contributed by atoms with E-state index in [1.807, 2.05) is 56.7 Å². The summed E-state index contributed by atoms with van der Waals surface area (Å²) in [6.07, 6.45) is 4.74. The molecule has 3 heterocycles. The van der Waals surface area contributed by atoms with Crippen molar-refractivity contribution in [2.75, 3.05) is 27.3 Å². The third-order valence-corrected chi connectivity index (χ3v) is 10.8. The maximum Gasteiger partial charge on any atom is 0.407 e. The first-order valence-corrected chi connectivity index (χ1v) is 20.1. The Balaban J connectivity index is 1.23. The topological polar surface area (TPSA) is 175 Å². The van der Waals surface area contributed by atoms with Gasteiger partial charge in [-0.15, -0.1) is 0 Å². The summed E-state index contributed by atoms with van der Waals surface area (Å²) in [6, 6.07) is 12.7. The predicted octanol–water partition coefficient (Wildman–Crippen LogP) is 7.10. The first-order valence-electron chi connectivity index (χ1n) is 20.1. The van der Waals surface area contributed by atoms with Gasteiger partial charge in [0, 0.05) is 24.8 Å². The van der Waals surface area contributed by atoms with Crippen LogP contribution in [0.2, 0.25) is 0 Å². The molecule has 2 aromatic carbocycles. The second kappa shape index (κ2) is 19.2. The first-order chi connectivity index (χ1) is 27.2. The number of imidazole rings is 2. The number of nitrogens with zero attached hydrogens (tertiary/aromatic N) is 4. The number of aromatic nitrogens is 4. The number of H-pyrrole nitrogens is 2. The van der Waals surface area contributed by atoms with Gasteiger partial charge in [-0.25, -0.2) is 19.6 Å². The van der Waals surface area contributed by atoms with Gasteiger partial charge in [-0.1, -0.05) is 71.9 Å². The molecule has 0 unspecified atom stereocenters. The number of methoxy groups -OCH3 is 2. The molecule has 308 valence electrons. The second-order valence-corrected chi connectivity index (χ2v) is 16.1. The summed E-state index contributed by atoms with van der Waals surface area (Å²) in [7, 11) is 2.59. The number of nitrogens with one attached hydrogen (secondary N) is 4. The average molecular weight is 785 g/mol. The zero-order chi connectivity index (χ0) is 41.4. The zero-order valence-corrected chi connectivity index (χ0v) is 34.8. The molecule has 1 aliphatic heterocycles. The van der Waals surface area contributed by atoms with Crippen molar-refractivity contribution in [3.8, 4) is 11.3 Å².